The number of nitrogens with zero attached hydrogens (tertiary/aromatic N) is 1. The maximum absolute atomic E-state index is 11.3. The van der Waals surface area contributed by atoms with Crippen LogP contribution in [0.1, 0.15) is 18.4 Å². The summed E-state index contributed by atoms with van der Waals surface area (Å²) in [5, 5.41) is 3.34. The van der Waals surface area contributed by atoms with Crippen molar-refractivity contribution in [1.82, 2.24) is 10.2 Å². The van der Waals surface area contributed by atoms with E-state index in [2.05, 4.69) is 16.3 Å². The Kier molecular flexibility index (Phi) is 5.38. The monoisotopic (exact) mass is 277 g/mol. The highest BCUT2D eigenvalue weighted by Crippen LogP contribution is 2.18. The van der Waals surface area contributed by atoms with Crippen LogP contribution in [0.5, 0.6) is 5.75 Å². The maximum Gasteiger partial charge on any atom is 0.231 e. The van der Waals surface area contributed by atoms with Gasteiger partial charge < -0.3 is 15.8 Å². The fourth-order valence-electron chi connectivity index (χ4n) is 2.69. The number of carbonyl (C=O) groups excluding carboxylic acids is 1. The number of hydrogen-bond donors (Lipinski definition) is 2. The number of methoxy groups -OCH3 is 1. The number of nitrogens with one attached hydrogen (secondary N) is 1. The average molecular weight is 277 g/mol. The van der Waals surface area contributed by atoms with Crippen molar-refractivity contribution < 1.29 is 9.53 Å². The van der Waals surface area contributed by atoms with Gasteiger partial charge in [0.1, 0.15) is 5.75 Å². The van der Waals surface area contributed by atoms with E-state index in [1.54, 1.807) is 7.11 Å². The molecule has 0 atom stereocenters. The van der Waals surface area contributed by atoms with Crippen LogP contribution < -0.4 is 15.8 Å². The van der Waals surface area contributed by atoms with Gasteiger partial charge in [-0.05, 0) is 43.6 Å². The van der Waals surface area contributed by atoms with E-state index in [4.69, 9.17) is 10.5 Å². The number of primary amides is 1. The molecule has 5 heteroatoms. The first kappa shape index (κ1) is 14.8. The first-order chi connectivity index (χ1) is 9.69. The lowest BCUT2D eigenvalue weighted by Gasteiger charge is -2.33. The predicted octanol–water partition coefficient (Wildman–Crippen LogP) is 0.735. The van der Waals surface area contributed by atoms with Crippen molar-refractivity contribution in [3.8, 4) is 5.75 Å². The summed E-state index contributed by atoms with van der Waals surface area (Å²) in [6, 6.07) is 8.37. The van der Waals surface area contributed by atoms with Gasteiger partial charge >= 0.3 is 0 Å². The molecule has 110 valence electrons. The molecule has 0 aromatic heterocycles. The second kappa shape index (κ2) is 7.26. The molecule has 20 heavy (non-hydrogen) atoms. The number of ether oxygens (including phenoxy) is 1. The Balaban J connectivity index is 2.07. The van der Waals surface area contributed by atoms with Crippen molar-refractivity contribution in [3.05, 3.63) is 29.8 Å². The number of nitrogens with two attached hydrogens (primary N) is 1. The molecule has 0 aliphatic carbocycles. The molecular formula is C15H23N3O2. The topological polar surface area (TPSA) is 67.6 Å². The van der Waals surface area contributed by atoms with Crippen LogP contribution in [0.4, 0.5) is 0 Å². The summed E-state index contributed by atoms with van der Waals surface area (Å²) in [4.78, 5) is 13.5. The summed E-state index contributed by atoms with van der Waals surface area (Å²) in [7, 11) is 1.66. The maximum atomic E-state index is 11.3. The van der Waals surface area contributed by atoms with E-state index in [-0.39, 0.29) is 5.91 Å². The molecule has 1 aromatic rings. The average Bonchev–Trinajstić information content (AvgIpc) is 2.47. The van der Waals surface area contributed by atoms with Crippen LogP contribution in [0.25, 0.3) is 0 Å². The van der Waals surface area contributed by atoms with Gasteiger partial charge in [-0.1, -0.05) is 12.1 Å². The van der Waals surface area contributed by atoms with Crippen molar-refractivity contribution in [1.29, 1.82) is 0 Å². The zero-order valence-corrected chi connectivity index (χ0v) is 12.0. The van der Waals surface area contributed by atoms with Gasteiger partial charge in [0, 0.05) is 12.6 Å². The zero-order chi connectivity index (χ0) is 14.4. The molecule has 1 saturated heterocycles. The summed E-state index contributed by atoms with van der Waals surface area (Å²) in [5.74, 6) is 0.568. The molecular weight excluding hydrogens is 254 g/mol. The first-order valence-electron chi connectivity index (χ1n) is 7.05. The summed E-state index contributed by atoms with van der Waals surface area (Å²) in [6.45, 7) is 3.03. The summed E-state index contributed by atoms with van der Waals surface area (Å²) >= 11 is 0. The van der Waals surface area contributed by atoms with Crippen LogP contribution in [0.3, 0.4) is 0 Å². The van der Waals surface area contributed by atoms with Gasteiger partial charge in [0.05, 0.1) is 13.7 Å². The second-order valence-corrected chi connectivity index (χ2v) is 5.20. The van der Waals surface area contributed by atoms with Crippen molar-refractivity contribution in [3.63, 3.8) is 0 Å². The molecule has 2 rings (SSSR count). The lowest BCUT2D eigenvalue weighted by atomic mass is 10.0. The molecule has 0 unspecified atom stereocenters. The molecule has 0 saturated carbocycles. The van der Waals surface area contributed by atoms with E-state index in [0.717, 1.165) is 43.8 Å². The number of carbonyl (C=O) groups is 1. The summed E-state index contributed by atoms with van der Waals surface area (Å²) in [6.07, 6.45) is 2.11. The van der Waals surface area contributed by atoms with Gasteiger partial charge in [0.25, 0.3) is 0 Å². The van der Waals surface area contributed by atoms with Crippen molar-refractivity contribution in [2.75, 3.05) is 26.7 Å². The fourth-order valence-corrected chi connectivity index (χ4v) is 2.69. The lowest BCUT2D eigenvalue weighted by molar-refractivity contribution is -0.120. The molecule has 5 nitrogen and oxygen atoms in total. The second-order valence-electron chi connectivity index (χ2n) is 5.20. The van der Waals surface area contributed by atoms with Crippen molar-refractivity contribution in [2.45, 2.75) is 25.4 Å². The minimum absolute atomic E-state index is 0.272. The van der Waals surface area contributed by atoms with Gasteiger partial charge in [0.15, 0.2) is 0 Å². The molecule has 1 aromatic carbocycles. The predicted molar refractivity (Wildman–Crippen MR) is 78.5 cm³/mol. The Bertz CT molecular complexity index is 444. The third-order valence-electron chi connectivity index (χ3n) is 3.70. The summed E-state index contributed by atoms with van der Waals surface area (Å²) < 4.78 is 5.24. The Hall–Kier alpha value is -1.59. The number of benzene rings is 1. The number of amides is 1. The normalized spacial score (nSPS) is 16.3. The molecule has 0 spiro atoms. The molecule has 1 fully saturated rings. The van der Waals surface area contributed by atoms with E-state index in [1.165, 1.54) is 0 Å². The van der Waals surface area contributed by atoms with E-state index in [0.29, 0.717) is 12.6 Å². The van der Waals surface area contributed by atoms with Gasteiger partial charge in [-0.15, -0.1) is 0 Å². The fraction of sp³-hybridized carbons (Fsp3) is 0.533. The molecule has 0 radical (unpaired) electrons. The quantitative estimate of drug-likeness (QED) is 0.804. The van der Waals surface area contributed by atoms with Crippen LogP contribution in [-0.4, -0.2) is 43.6 Å². The molecule has 1 heterocycles. The molecule has 3 N–H and O–H groups in total. The minimum Gasteiger partial charge on any atom is -0.497 e. The highest BCUT2D eigenvalue weighted by Gasteiger charge is 2.22. The van der Waals surface area contributed by atoms with Gasteiger partial charge in [-0.2, -0.15) is 0 Å². The number of rotatable bonds is 6. The highest BCUT2D eigenvalue weighted by atomic mass is 16.5. The van der Waals surface area contributed by atoms with Crippen molar-refractivity contribution >= 4 is 5.91 Å². The van der Waals surface area contributed by atoms with E-state index < -0.39 is 0 Å². The standard InChI is InChI=1S/C15H23N3O2/c1-20-14-4-2-3-12(9-14)10-18(11-15(16)19)13-5-7-17-8-6-13/h2-4,9,13,17H,5-8,10-11H2,1H3,(H2,16,19). The van der Waals surface area contributed by atoms with Crippen LogP contribution in [0.15, 0.2) is 24.3 Å². The van der Waals surface area contributed by atoms with Crippen LogP contribution in [0, 0.1) is 0 Å². The van der Waals surface area contributed by atoms with E-state index in [9.17, 15) is 4.79 Å². The van der Waals surface area contributed by atoms with Crippen LogP contribution in [0.2, 0.25) is 0 Å². The Labute approximate surface area is 120 Å². The Morgan fingerprint density at radius 1 is 1.45 bits per heavy atom. The van der Waals surface area contributed by atoms with Crippen molar-refractivity contribution in [2.24, 2.45) is 5.73 Å². The number of hydrogen-bond acceptors (Lipinski definition) is 4. The third-order valence-corrected chi connectivity index (χ3v) is 3.70. The smallest absolute Gasteiger partial charge is 0.231 e. The largest absolute Gasteiger partial charge is 0.497 e. The van der Waals surface area contributed by atoms with Gasteiger partial charge in [-0.3, -0.25) is 9.69 Å². The first-order valence-corrected chi connectivity index (χ1v) is 7.05. The highest BCUT2D eigenvalue weighted by molar-refractivity contribution is 5.76. The van der Waals surface area contributed by atoms with E-state index >= 15 is 0 Å². The third kappa shape index (κ3) is 4.21. The van der Waals surface area contributed by atoms with Crippen LogP contribution in [-0.2, 0) is 11.3 Å². The molecule has 1 aliphatic heterocycles. The summed E-state index contributed by atoms with van der Waals surface area (Å²) in [5.41, 5.74) is 6.53. The zero-order valence-electron chi connectivity index (χ0n) is 12.0. The molecule has 0 bridgehead atoms. The Morgan fingerprint density at radius 3 is 2.85 bits per heavy atom. The molecule has 1 aliphatic rings. The molecule has 1 amide bonds. The Morgan fingerprint density at radius 2 is 2.20 bits per heavy atom. The van der Waals surface area contributed by atoms with Gasteiger partial charge in [-0.25, -0.2) is 0 Å². The van der Waals surface area contributed by atoms with Gasteiger partial charge in [0.2, 0.25) is 5.91 Å². The lowest BCUT2D eigenvalue weighted by Crippen LogP contribution is -2.46. The van der Waals surface area contributed by atoms with Crippen LogP contribution >= 0.6 is 0 Å². The number of piperidine rings is 1. The minimum atomic E-state index is -0.272. The van der Waals surface area contributed by atoms with E-state index in [1.807, 2.05) is 18.2 Å². The SMILES string of the molecule is COc1cccc(CN(CC(N)=O)C2CCNCC2)c1.